The number of hydrogen-bond acceptors (Lipinski definition) is 6. The summed E-state index contributed by atoms with van der Waals surface area (Å²) in [6.45, 7) is 2.62. The highest BCUT2D eigenvalue weighted by Gasteiger charge is 2.32. The maximum absolute atomic E-state index is 13.1. The van der Waals surface area contributed by atoms with Gasteiger partial charge in [0.25, 0.3) is 11.5 Å². The molecule has 0 aliphatic carbocycles. The number of H-pyrrole nitrogens is 1. The molecule has 3 aromatic rings. The summed E-state index contributed by atoms with van der Waals surface area (Å²) in [7, 11) is 0. The highest BCUT2D eigenvalue weighted by Crippen LogP contribution is 2.31. The molecule has 0 saturated carbocycles. The summed E-state index contributed by atoms with van der Waals surface area (Å²) in [5.41, 5.74) is 1.32. The Morgan fingerprint density at radius 3 is 3.16 bits per heavy atom. The number of rotatable bonds is 3. The Balaban J connectivity index is 1.73. The molecule has 0 bridgehead atoms. The molecule has 8 nitrogen and oxygen atoms in total. The van der Waals surface area contributed by atoms with Gasteiger partial charge in [0.05, 0.1) is 11.7 Å². The van der Waals surface area contributed by atoms with Gasteiger partial charge in [-0.3, -0.25) is 14.0 Å². The Labute approximate surface area is 147 Å². The quantitative estimate of drug-likeness (QED) is 0.770. The van der Waals surface area contributed by atoms with E-state index in [9.17, 15) is 9.59 Å². The summed E-state index contributed by atoms with van der Waals surface area (Å²) in [5, 5.41) is 4.05. The number of carbonyl (C=O) groups excluding carboxylic acids is 1. The number of amides is 1. The van der Waals surface area contributed by atoms with Crippen molar-refractivity contribution in [1.82, 2.24) is 28.9 Å². The van der Waals surface area contributed by atoms with Crippen molar-refractivity contribution >= 4 is 23.2 Å². The van der Waals surface area contributed by atoms with E-state index in [1.165, 1.54) is 4.40 Å². The molecule has 4 rings (SSSR count). The minimum atomic E-state index is -0.164. The molecule has 1 atom stereocenters. The molecular weight excluding hydrogens is 340 g/mol. The first-order valence-electron chi connectivity index (χ1n) is 8.37. The molecule has 0 aromatic carbocycles. The number of fused-ring (bicyclic) bond motifs is 1. The maximum atomic E-state index is 13.1. The fraction of sp³-hybridized carbons (Fsp3) is 0.438. The smallest absolute Gasteiger partial charge is 0.268 e. The van der Waals surface area contributed by atoms with Crippen molar-refractivity contribution in [3.8, 4) is 0 Å². The topological polar surface area (TPSA) is 96.2 Å². The van der Waals surface area contributed by atoms with E-state index < -0.39 is 0 Å². The first-order valence-corrected chi connectivity index (χ1v) is 9.15. The lowest BCUT2D eigenvalue weighted by atomic mass is 9.98. The van der Waals surface area contributed by atoms with Crippen LogP contribution in [0.15, 0.2) is 23.3 Å². The van der Waals surface area contributed by atoms with Gasteiger partial charge in [0.15, 0.2) is 0 Å². The Hall–Kier alpha value is -2.55. The van der Waals surface area contributed by atoms with Crippen LogP contribution in [-0.2, 0) is 6.42 Å². The van der Waals surface area contributed by atoms with Crippen LogP contribution in [0.3, 0.4) is 0 Å². The molecule has 3 aromatic heterocycles. The van der Waals surface area contributed by atoms with Crippen molar-refractivity contribution in [2.24, 2.45) is 0 Å². The van der Waals surface area contributed by atoms with Gasteiger partial charge in [-0.1, -0.05) is 11.4 Å². The Morgan fingerprint density at radius 1 is 1.44 bits per heavy atom. The van der Waals surface area contributed by atoms with Gasteiger partial charge in [-0.05, 0) is 37.2 Å². The molecule has 1 aliphatic heterocycles. The molecule has 130 valence electrons. The molecule has 4 heterocycles. The second kappa shape index (κ2) is 6.40. The molecule has 25 heavy (non-hydrogen) atoms. The Kier molecular flexibility index (Phi) is 4.08. The van der Waals surface area contributed by atoms with Gasteiger partial charge < -0.3 is 9.88 Å². The molecule has 0 radical (unpaired) electrons. The molecular formula is C16H18N6O2S. The number of carbonyl (C=O) groups is 1. The Bertz CT molecular complexity index is 974. The number of aromatic amines is 1. The van der Waals surface area contributed by atoms with Crippen molar-refractivity contribution in [2.75, 3.05) is 6.54 Å². The third kappa shape index (κ3) is 2.74. The Morgan fingerprint density at radius 2 is 2.32 bits per heavy atom. The lowest BCUT2D eigenvalue weighted by molar-refractivity contribution is 0.0609. The SMILES string of the molecule is CCc1nnsc1C(=O)N1CCCC[C@@H]1c1cc(=O)n2ccnc2[nH]1. The number of nitrogens with zero attached hydrogens (tertiary/aromatic N) is 5. The standard InChI is InChI=1S/C16H18N6O2S/c1-2-10-14(25-20-19-10)15(24)21-7-4-3-5-12(21)11-9-13(23)22-8-6-17-16(22)18-11/h6,8-9,12H,2-5,7H2,1H3,(H,17,18)/t12-/m1/s1. The number of aryl methyl sites for hydroxylation is 1. The van der Waals surface area contributed by atoms with Gasteiger partial charge in [-0.25, -0.2) is 4.98 Å². The summed E-state index contributed by atoms with van der Waals surface area (Å²) in [6.07, 6.45) is 6.65. The number of imidazole rings is 1. The van der Waals surface area contributed by atoms with Crippen molar-refractivity contribution in [1.29, 1.82) is 0 Å². The molecule has 9 heteroatoms. The minimum absolute atomic E-state index is 0.0550. The number of hydrogen-bond donors (Lipinski definition) is 1. The molecule has 0 spiro atoms. The maximum Gasteiger partial charge on any atom is 0.268 e. The minimum Gasteiger partial charge on any atom is -0.329 e. The van der Waals surface area contributed by atoms with E-state index in [-0.39, 0.29) is 17.5 Å². The van der Waals surface area contributed by atoms with E-state index in [4.69, 9.17) is 0 Å². The van der Waals surface area contributed by atoms with E-state index in [0.29, 0.717) is 23.6 Å². The molecule has 1 fully saturated rings. The van der Waals surface area contributed by atoms with Gasteiger partial charge in [0.2, 0.25) is 5.78 Å². The van der Waals surface area contributed by atoms with E-state index in [1.54, 1.807) is 18.5 Å². The first kappa shape index (κ1) is 15.9. The second-order valence-corrected chi connectivity index (χ2v) is 6.85. The fourth-order valence-electron chi connectivity index (χ4n) is 3.35. The number of piperidine rings is 1. The van der Waals surface area contributed by atoms with Crippen LogP contribution in [0, 0.1) is 0 Å². The highest BCUT2D eigenvalue weighted by atomic mass is 32.1. The largest absolute Gasteiger partial charge is 0.329 e. The predicted molar refractivity (Wildman–Crippen MR) is 92.7 cm³/mol. The first-order chi connectivity index (χ1) is 12.2. The molecule has 1 aliphatic rings. The van der Waals surface area contributed by atoms with E-state index >= 15 is 0 Å². The number of likely N-dealkylation sites (tertiary alicyclic amines) is 1. The van der Waals surface area contributed by atoms with Gasteiger partial charge in [-0.15, -0.1) is 5.10 Å². The average Bonchev–Trinajstić information content (AvgIpc) is 3.30. The van der Waals surface area contributed by atoms with Gasteiger partial charge in [0, 0.05) is 30.7 Å². The van der Waals surface area contributed by atoms with Gasteiger partial charge in [-0.2, -0.15) is 0 Å². The van der Waals surface area contributed by atoms with Crippen LogP contribution in [0.1, 0.15) is 53.3 Å². The van der Waals surface area contributed by atoms with Crippen LogP contribution in [0.2, 0.25) is 0 Å². The molecule has 0 unspecified atom stereocenters. The zero-order chi connectivity index (χ0) is 17.4. The van der Waals surface area contributed by atoms with Crippen molar-refractivity contribution in [2.45, 2.75) is 38.6 Å². The second-order valence-electron chi connectivity index (χ2n) is 6.10. The van der Waals surface area contributed by atoms with E-state index in [1.807, 2.05) is 11.8 Å². The molecule has 1 amide bonds. The molecule has 1 saturated heterocycles. The number of aromatic nitrogens is 5. The third-order valence-corrected chi connectivity index (χ3v) is 5.38. The highest BCUT2D eigenvalue weighted by molar-refractivity contribution is 7.08. The van der Waals surface area contributed by atoms with Crippen molar-refractivity contribution in [3.63, 3.8) is 0 Å². The lowest BCUT2D eigenvalue weighted by Crippen LogP contribution is -2.39. The van der Waals surface area contributed by atoms with Crippen LogP contribution in [0.5, 0.6) is 0 Å². The van der Waals surface area contributed by atoms with Gasteiger partial charge in [0.1, 0.15) is 4.88 Å². The third-order valence-electron chi connectivity index (χ3n) is 4.62. The van der Waals surface area contributed by atoms with Crippen molar-refractivity contribution < 1.29 is 4.79 Å². The predicted octanol–water partition coefficient (Wildman–Crippen LogP) is 1.80. The van der Waals surface area contributed by atoms with Gasteiger partial charge >= 0.3 is 0 Å². The van der Waals surface area contributed by atoms with Crippen molar-refractivity contribution in [3.05, 3.63) is 45.1 Å². The monoisotopic (exact) mass is 358 g/mol. The zero-order valence-electron chi connectivity index (χ0n) is 13.8. The van der Waals surface area contributed by atoms with E-state index in [2.05, 4.69) is 19.6 Å². The average molecular weight is 358 g/mol. The summed E-state index contributed by atoms with van der Waals surface area (Å²) in [5.74, 6) is 0.440. The summed E-state index contributed by atoms with van der Waals surface area (Å²) < 4.78 is 5.39. The number of nitrogens with one attached hydrogen (secondary N) is 1. The van der Waals surface area contributed by atoms with Crippen LogP contribution < -0.4 is 5.56 Å². The summed E-state index contributed by atoms with van der Waals surface area (Å²) in [4.78, 5) is 35.2. The molecule has 1 N–H and O–H groups in total. The van der Waals surface area contributed by atoms with Crippen LogP contribution in [0.4, 0.5) is 0 Å². The van der Waals surface area contributed by atoms with Crippen LogP contribution in [0.25, 0.3) is 5.78 Å². The fourth-order valence-corrected chi connectivity index (χ4v) is 4.06. The normalized spacial score (nSPS) is 18.0. The van der Waals surface area contributed by atoms with Crippen LogP contribution in [-0.4, -0.2) is 41.3 Å². The summed E-state index contributed by atoms with van der Waals surface area (Å²) in [6, 6.07) is 1.40. The lowest BCUT2D eigenvalue weighted by Gasteiger charge is -2.35. The zero-order valence-corrected chi connectivity index (χ0v) is 14.6. The summed E-state index contributed by atoms with van der Waals surface area (Å²) >= 11 is 1.14. The van der Waals surface area contributed by atoms with E-state index in [0.717, 1.165) is 42.2 Å². The van der Waals surface area contributed by atoms with Crippen LogP contribution >= 0.6 is 11.5 Å².